The summed E-state index contributed by atoms with van der Waals surface area (Å²) in [4.78, 5) is 9.46. The molecule has 31 heavy (non-hydrogen) atoms. The van der Waals surface area contributed by atoms with Crippen LogP contribution in [0.25, 0.3) is 16.8 Å². The van der Waals surface area contributed by atoms with E-state index in [1.807, 2.05) is 35.1 Å². The number of rotatable bonds is 5. The summed E-state index contributed by atoms with van der Waals surface area (Å²) in [6, 6.07) is 18.5. The lowest BCUT2D eigenvalue weighted by atomic mass is 10.1. The van der Waals surface area contributed by atoms with E-state index in [1.165, 1.54) is 5.69 Å². The quantitative estimate of drug-likeness (QED) is 0.495. The lowest BCUT2D eigenvalue weighted by Crippen LogP contribution is -2.47. The van der Waals surface area contributed by atoms with Gasteiger partial charge in [0.1, 0.15) is 5.52 Å². The summed E-state index contributed by atoms with van der Waals surface area (Å²) >= 11 is 0. The van der Waals surface area contributed by atoms with Crippen molar-refractivity contribution >= 4 is 17.0 Å². The molecule has 2 aromatic carbocycles. The third-order valence-corrected chi connectivity index (χ3v) is 5.75. The number of anilines is 2. The van der Waals surface area contributed by atoms with E-state index in [1.54, 1.807) is 14.2 Å². The first-order valence-corrected chi connectivity index (χ1v) is 10.4. The van der Waals surface area contributed by atoms with E-state index in [9.17, 15) is 0 Å². The van der Waals surface area contributed by atoms with Crippen LogP contribution in [0.2, 0.25) is 0 Å². The van der Waals surface area contributed by atoms with Crippen LogP contribution in [0.4, 0.5) is 11.5 Å². The van der Waals surface area contributed by atoms with Crippen LogP contribution in [0.1, 0.15) is 0 Å². The predicted molar refractivity (Wildman–Crippen MR) is 122 cm³/mol. The van der Waals surface area contributed by atoms with Crippen molar-refractivity contribution in [3.05, 3.63) is 67.0 Å². The normalized spacial score (nSPS) is 14.1. The standard InChI is InChI=1S/C24H25N5O2/c1-30-22-9-8-18(16-23(22)31-2)20-17-21-24(25-10-11-29(21)26-20)28-14-12-27(13-15-28)19-6-4-3-5-7-19/h3-11,16-17H,12-15H2,1-2H3. The van der Waals surface area contributed by atoms with Crippen LogP contribution in [0, 0.1) is 0 Å². The van der Waals surface area contributed by atoms with Crippen molar-refractivity contribution in [1.82, 2.24) is 14.6 Å². The van der Waals surface area contributed by atoms with Gasteiger partial charge in [-0.1, -0.05) is 18.2 Å². The van der Waals surface area contributed by atoms with E-state index in [0.29, 0.717) is 11.5 Å². The SMILES string of the molecule is COc1ccc(-c2cc3c(N4CCN(c5ccccc5)CC4)nccn3n2)cc1OC. The average molecular weight is 415 g/mol. The Morgan fingerprint density at radius 1 is 0.806 bits per heavy atom. The van der Waals surface area contributed by atoms with Crippen LogP contribution in [0.3, 0.4) is 0 Å². The lowest BCUT2D eigenvalue weighted by molar-refractivity contribution is 0.355. The molecule has 0 amide bonds. The molecule has 3 heterocycles. The molecule has 1 saturated heterocycles. The van der Waals surface area contributed by atoms with Gasteiger partial charge in [-0.2, -0.15) is 5.10 Å². The second-order valence-corrected chi connectivity index (χ2v) is 7.49. The molecule has 0 unspecified atom stereocenters. The van der Waals surface area contributed by atoms with Crippen LogP contribution < -0.4 is 19.3 Å². The number of methoxy groups -OCH3 is 2. The summed E-state index contributed by atoms with van der Waals surface area (Å²) in [5, 5.41) is 4.78. The van der Waals surface area contributed by atoms with Gasteiger partial charge in [0.05, 0.1) is 19.9 Å². The first-order chi connectivity index (χ1) is 15.3. The highest BCUT2D eigenvalue weighted by molar-refractivity contribution is 5.76. The number of fused-ring (bicyclic) bond motifs is 1. The smallest absolute Gasteiger partial charge is 0.161 e. The van der Waals surface area contributed by atoms with E-state index in [4.69, 9.17) is 19.6 Å². The minimum atomic E-state index is 0.687. The molecule has 0 N–H and O–H groups in total. The number of aromatic nitrogens is 3. The van der Waals surface area contributed by atoms with Gasteiger partial charge < -0.3 is 19.3 Å². The third-order valence-electron chi connectivity index (χ3n) is 5.75. The largest absolute Gasteiger partial charge is 0.493 e. The van der Waals surface area contributed by atoms with Crippen LogP contribution in [0.5, 0.6) is 11.5 Å². The maximum absolute atomic E-state index is 5.45. The van der Waals surface area contributed by atoms with Gasteiger partial charge in [-0.05, 0) is 36.4 Å². The molecule has 0 bridgehead atoms. The van der Waals surface area contributed by atoms with Gasteiger partial charge in [0.15, 0.2) is 17.3 Å². The van der Waals surface area contributed by atoms with Crippen molar-refractivity contribution in [3.8, 4) is 22.8 Å². The Kier molecular flexibility index (Phi) is 5.08. The Morgan fingerprint density at radius 3 is 2.29 bits per heavy atom. The zero-order valence-corrected chi connectivity index (χ0v) is 17.7. The number of benzene rings is 2. The number of hydrogen-bond acceptors (Lipinski definition) is 6. The minimum absolute atomic E-state index is 0.687. The Morgan fingerprint density at radius 2 is 1.55 bits per heavy atom. The average Bonchev–Trinajstić information content (AvgIpc) is 3.29. The molecule has 0 atom stereocenters. The summed E-state index contributed by atoms with van der Waals surface area (Å²) in [5.74, 6) is 2.36. The molecule has 5 rings (SSSR count). The minimum Gasteiger partial charge on any atom is -0.493 e. The van der Waals surface area contributed by atoms with Crippen molar-refractivity contribution in [2.24, 2.45) is 0 Å². The number of para-hydroxylation sites is 1. The number of piperazine rings is 1. The molecule has 7 heteroatoms. The Hall–Kier alpha value is -3.74. The molecule has 0 saturated carbocycles. The first kappa shape index (κ1) is 19.2. The van der Waals surface area contributed by atoms with E-state index in [2.05, 4.69) is 46.2 Å². The monoisotopic (exact) mass is 415 g/mol. The van der Waals surface area contributed by atoms with Crippen LogP contribution >= 0.6 is 0 Å². The second kappa shape index (κ2) is 8.18. The molecule has 1 fully saturated rings. The fraction of sp³-hybridized carbons (Fsp3) is 0.250. The highest BCUT2D eigenvalue weighted by atomic mass is 16.5. The Balaban J connectivity index is 1.42. The summed E-state index contributed by atoms with van der Waals surface area (Å²) in [5.41, 5.74) is 4.12. The highest BCUT2D eigenvalue weighted by Gasteiger charge is 2.21. The maximum atomic E-state index is 5.45. The van der Waals surface area contributed by atoms with Crippen LogP contribution in [-0.4, -0.2) is 55.0 Å². The van der Waals surface area contributed by atoms with Gasteiger partial charge in [0.25, 0.3) is 0 Å². The van der Waals surface area contributed by atoms with Crippen molar-refractivity contribution < 1.29 is 9.47 Å². The molecule has 158 valence electrons. The number of hydrogen-bond donors (Lipinski definition) is 0. The summed E-state index contributed by atoms with van der Waals surface area (Å²) < 4.78 is 12.7. The Labute approximate surface area is 181 Å². The van der Waals surface area contributed by atoms with Gasteiger partial charge >= 0.3 is 0 Å². The van der Waals surface area contributed by atoms with Gasteiger partial charge in [-0.3, -0.25) is 0 Å². The van der Waals surface area contributed by atoms with E-state index in [0.717, 1.165) is 48.8 Å². The topological polar surface area (TPSA) is 55.1 Å². The summed E-state index contributed by atoms with van der Waals surface area (Å²) in [7, 11) is 3.28. The first-order valence-electron chi connectivity index (χ1n) is 10.4. The molecule has 4 aromatic rings. The fourth-order valence-electron chi connectivity index (χ4n) is 4.10. The van der Waals surface area contributed by atoms with Gasteiger partial charge in [0.2, 0.25) is 0 Å². The van der Waals surface area contributed by atoms with Crippen molar-refractivity contribution in [3.63, 3.8) is 0 Å². The summed E-state index contributed by atoms with van der Waals surface area (Å²) in [6.45, 7) is 3.75. The molecule has 1 aliphatic heterocycles. The highest BCUT2D eigenvalue weighted by Crippen LogP contribution is 2.33. The summed E-state index contributed by atoms with van der Waals surface area (Å²) in [6.07, 6.45) is 3.71. The lowest BCUT2D eigenvalue weighted by Gasteiger charge is -2.36. The molecule has 1 aliphatic rings. The van der Waals surface area contributed by atoms with Crippen LogP contribution in [0.15, 0.2) is 67.0 Å². The van der Waals surface area contributed by atoms with Gasteiger partial charge in [0, 0.05) is 49.8 Å². The molecular formula is C24H25N5O2. The van der Waals surface area contributed by atoms with Crippen molar-refractivity contribution in [2.45, 2.75) is 0 Å². The van der Waals surface area contributed by atoms with E-state index >= 15 is 0 Å². The zero-order valence-electron chi connectivity index (χ0n) is 17.7. The number of ether oxygens (including phenoxy) is 2. The second-order valence-electron chi connectivity index (χ2n) is 7.49. The van der Waals surface area contributed by atoms with Crippen molar-refractivity contribution in [2.75, 3.05) is 50.2 Å². The predicted octanol–water partition coefficient (Wildman–Crippen LogP) is 3.74. The molecular weight excluding hydrogens is 390 g/mol. The molecule has 2 aromatic heterocycles. The fourth-order valence-corrected chi connectivity index (χ4v) is 4.10. The van der Waals surface area contributed by atoms with E-state index in [-0.39, 0.29) is 0 Å². The third kappa shape index (κ3) is 3.63. The molecule has 0 spiro atoms. The number of nitrogens with zero attached hydrogens (tertiary/aromatic N) is 5. The zero-order chi connectivity index (χ0) is 21.2. The van der Waals surface area contributed by atoms with Crippen molar-refractivity contribution in [1.29, 1.82) is 0 Å². The maximum Gasteiger partial charge on any atom is 0.161 e. The van der Waals surface area contributed by atoms with Gasteiger partial charge in [-0.15, -0.1) is 0 Å². The molecule has 0 aliphatic carbocycles. The van der Waals surface area contributed by atoms with E-state index < -0.39 is 0 Å². The molecule has 7 nitrogen and oxygen atoms in total. The van der Waals surface area contributed by atoms with Gasteiger partial charge in [-0.25, -0.2) is 9.50 Å². The Bertz CT molecular complexity index is 1180. The van der Waals surface area contributed by atoms with Crippen LogP contribution in [-0.2, 0) is 0 Å². The molecule has 0 radical (unpaired) electrons.